The van der Waals surface area contributed by atoms with E-state index in [0.717, 1.165) is 25.7 Å². The van der Waals surface area contributed by atoms with E-state index in [1.54, 1.807) is 6.20 Å². The molecule has 182 valence electrons. The monoisotopic (exact) mass is 507 g/mol. The van der Waals surface area contributed by atoms with Crippen LogP contribution in [0, 0.1) is 5.82 Å². The molecule has 0 aliphatic heterocycles. The number of imidazole rings is 1. The number of benzene rings is 1. The van der Waals surface area contributed by atoms with Gasteiger partial charge in [0.2, 0.25) is 17.8 Å². The molecule has 4 rings (SSSR count). The number of nitrogens with two attached hydrogens (primary N) is 1. The van der Waals surface area contributed by atoms with Crippen molar-refractivity contribution in [1.82, 2.24) is 19.5 Å². The third-order valence-corrected chi connectivity index (χ3v) is 6.59. The number of nitrogens with zero attached hydrogens (tertiary/aromatic N) is 4. The number of hydrogen-bond acceptors (Lipinski definition) is 6. The zero-order chi connectivity index (χ0) is 24.2. The molecule has 1 aliphatic carbocycles. The number of rotatable bonds is 10. The van der Waals surface area contributed by atoms with Crippen molar-refractivity contribution in [2.24, 2.45) is 5.73 Å². The van der Waals surface area contributed by atoms with E-state index in [4.69, 9.17) is 33.9 Å². The number of nitrogens with one attached hydrogen (secondary N) is 2. The van der Waals surface area contributed by atoms with Gasteiger partial charge in [-0.15, -0.1) is 0 Å². The Morgan fingerprint density at radius 1 is 1.26 bits per heavy atom. The summed E-state index contributed by atoms with van der Waals surface area (Å²) < 4.78 is 16.6. The third kappa shape index (κ3) is 5.52. The molecule has 1 fully saturated rings. The maximum atomic E-state index is 14.7. The second kappa shape index (κ2) is 10.7. The SMILES string of the molecule is CCC[C@@H](CCC(N)=O)n1c(Nc2c(F)cc(Cl)cc2Cl)nc2cnc(NC3CCCC3)nc21. The number of fused-ring (bicyclic) bond motifs is 1. The molecule has 2 aromatic heterocycles. The molecule has 0 unspecified atom stereocenters. The zero-order valence-electron chi connectivity index (χ0n) is 19.0. The molecule has 4 N–H and O–H groups in total. The second-order valence-corrected chi connectivity index (χ2v) is 9.49. The van der Waals surface area contributed by atoms with Gasteiger partial charge in [-0.2, -0.15) is 4.98 Å². The molecule has 34 heavy (non-hydrogen) atoms. The molecule has 1 amide bonds. The van der Waals surface area contributed by atoms with Gasteiger partial charge in [0.25, 0.3) is 0 Å². The lowest BCUT2D eigenvalue weighted by Gasteiger charge is -2.21. The topological polar surface area (TPSA) is 111 Å². The highest BCUT2D eigenvalue weighted by Crippen LogP contribution is 2.35. The summed E-state index contributed by atoms with van der Waals surface area (Å²) >= 11 is 12.2. The maximum Gasteiger partial charge on any atom is 0.224 e. The Hall–Kier alpha value is -2.65. The number of amides is 1. The summed E-state index contributed by atoms with van der Waals surface area (Å²) in [4.78, 5) is 25.4. The van der Waals surface area contributed by atoms with Crippen molar-refractivity contribution in [3.8, 4) is 0 Å². The van der Waals surface area contributed by atoms with E-state index in [9.17, 15) is 9.18 Å². The summed E-state index contributed by atoms with van der Waals surface area (Å²) in [5.41, 5.74) is 6.64. The Morgan fingerprint density at radius 3 is 2.71 bits per heavy atom. The minimum Gasteiger partial charge on any atom is -0.370 e. The van der Waals surface area contributed by atoms with Crippen LogP contribution in [0.2, 0.25) is 10.0 Å². The van der Waals surface area contributed by atoms with Crippen molar-refractivity contribution < 1.29 is 9.18 Å². The average molecular weight is 508 g/mol. The van der Waals surface area contributed by atoms with Crippen LogP contribution in [-0.4, -0.2) is 31.5 Å². The first-order chi connectivity index (χ1) is 16.4. The Morgan fingerprint density at radius 2 is 2.03 bits per heavy atom. The third-order valence-electron chi connectivity index (χ3n) is 6.08. The summed E-state index contributed by atoms with van der Waals surface area (Å²) in [7, 11) is 0. The lowest BCUT2D eigenvalue weighted by atomic mass is 10.1. The molecule has 1 aliphatic rings. The summed E-state index contributed by atoms with van der Waals surface area (Å²) in [6.07, 6.45) is 8.50. The van der Waals surface area contributed by atoms with E-state index in [-0.39, 0.29) is 34.1 Å². The van der Waals surface area contributed by atoms with Crippen LogP contribution < -0.4 is 16.4 Å². The average Bonchev–Trinajstić information content (AvgIpc) is 3.41. The fraction of sp³-hybridized carbons (Fsp3) is 0.478. The summed E-state index contributed by atoms with van der Waals surface area (Å²) in [6.45, 7) is 2.06. The Balaban J connectivity index is 1.79. The first-order valence-electron chi connectivity index (χ1n) is 11.6. The minimum absolute atomic E-state index is 0.0602. The normalized spacial score (nSPS) is 15.1. The molecule has 3 aromatic rings. The first kappa shape index (κ1) is 24.5. The second-order valence-electron chi connectivity index (χ2n) is 8.65. The highest BCUT2D eigenvalue weighted by atomic mass is 35.5. The molecule has 0 radical (unpaired) electrons. The number of aromatic nitrogens is 4. The van der Waals surface area contributed by atoms with Gasteiger partial charge in [-0.3, -0.25) is 9.36 Å². The van der Waals surface area contributed by atoms with Gasteiger partial charge in [0.05, 0.1) is 16.9 Å². The Kier molecular flexibility index (Phi) is 7.73. The van der Waals surface area contributed by atoms with Crippen LogP contribution in [0.1, 0.15) is 64.3 Å². The standard InChI is InChI=1S/C23H28Cl2FN7O/c1-2-5-15(8-9-19(27)34)33-21-18(12-28-22(32-21)29-14-6-3-4-7-14)30-23(33)31-20-16(25)10-13(24)11-17(20)26/h10-12,14-15H,2-9H2,1H3,(H2,27,34)(H,30,31)(H,28,29,32)/t15-/m0/s1. The molecule has 1 aromatic carbocycles. The van der Waals surface area contributed by atoms with E-state index in [2.05, 4.69) is 27.5 Å². The Bertz CT molecular complexity index is 1160. The number of primary amides is 1. The van der Waals surface area contributed by atoms with Gasteiger partial charge in [-0.25, -0.2) is 14.4 Å². The lowest BCUT2D eigenvalue weighted by Crippen LogP contribution is -2.19. The smallest absolute Gasteiger partial charge is 0.224 e. The van der Waals surface area contributed by atoms with E-state index in [1.165, 1.54) is 25.0 Å². The van der Waals surface area contributed by atoms with E-state index in [0.29, 0.717) is 35.5 Å². The number of hydrogen-bond donors (Lipinski definition) is 3. The predicted octanol–water partition coefficient (Wildman–Crippen LogP) is 5.98. The minimum atomic E-state index is -0.602. The van der Waals surface area contributed by atoms with Gasteiger partial charge in [0.15, 0.2) is 5.65 Å². The zero-order valence-corrected chi connectivity index (χ0v) is 20.5. The van der Waals surface area contributed by atoms with E-state index in [1.807, 2.05) is 4.57 Å². The molecular weight excluding hydrogens is 480 g/mol. The molecular formula is C23H28Cl2FN7O. The highest BCUT2D eigenvalue weighted by molar-refractivity contribution is 6.36. The van der Waals surface area contributed by atoms with Gasteiger partial charge < -0.3 is 16.4 Å². The van der Waals surface area contributed by atoms with Crippen LogP contribution in [0.15, 0.2) is 18.3 Å². The van der Waals surface area contributed by atoms with Gasteiger partial charge in [-0.1, -0.05) is 49.4 Å². The number of carbonyl (C=O) groups is 1. The van der Waals surface area contributed by atoms with Crippen molar-refractivity contribution in [2.45, 2.75) is 70.4 Å². The van der Waals surface area contributed by atoms with Crippen LogP contribution >= 0.6 is 23.2 Å². The van der Waals surface area contributed by atoms with Crippen LogP contribution in [0.3, 0.4) is 0 Å². The van der Waals surface area contributed by atoms with Crippen molar-refractivity contribution >= 4 is 57.9 Å². The van der Waals surface area contributed by atoms with Crippen molar-refractivity contribution in [2.75, 3.05) is 10.6 Å². The maximum absolute atomic E-state index is 14.7. The predicted molar refractivity (Wildman–Crippen MR) is 133 cm³/mol. The first-order valence-corrected chi connectivity index (χ1v) is 12.3. The number of anilines is 3. The van der Waals surface area contributed by atoms with Crippen molar-refractivity contribution in [3.63, 3.8) is 0 Å². The molecule has 0 bridgehead atoms. The number of halogens is 3. The lowest BCUT2D eigenvalue weighted by molar-refractivity contribution is -0.118. The van der Waals surface area contributed by atoms with Crippen LogP contribution in [0.5, 0.6) is 0 Å². The summed E-state index contributed by atoms with van der Waals surface area (Å²) in [5, 5.41) is 6.76. The van der Waals surface area contributed by atoms with Crippen LogP contribution in [0.25, 0.3) is 11.2 Å². The quantitative estimate of drug-likeness (QED) is 0.311. The highest BCUT2D eigenvalue weighted by Gasteiger charge is 2.24. The molecule has 2 heterocycles. The molecule has 1 atom stereocenters. The van der Waals surface area contributed by atoms with Gasteiger partial charge >= 0.3 is 0 Å². The molecule has 11 heteroatoms. The Labute approximate surface area is 207 Å². The van der Waals surface area contributed by atoms with Crippen molar-refractivity contribution in [1.29, 1.82) is 0 Å². The van der Waals surface area contributed by atoms with E-state index < -0.39 is 5.82 Å². The molecule has 8 nitrogen and oxygen atoms in total. The summed E-state index contributed by atoms with van der Waals surface area (Å²) in [6, 6.07) is 2.84. The largest absolute Gasteiger partial charge is 0.370 e. The van der Waals surface area contributed by atoms with Crippen LogP contribution in [0.4, 0.5) is 22.0 Å². The molecule has 0 spiro atoms. The van der Waals surface area contributed by atoms with Gasteiger partial charge in [0, 0.05) is 23.5 Å². The van der Waals surface area contributed by atoms with Crippen LogP contribution in [-0.2, 0) is 4.79 Å². The van der Waals surface area contributed by atoms with Crippen molar-refractivity contribution in [3.05, 3.63) is 34.2 Å². The van der Waals surface area contributed by atoms with Gasteiger partial charge in [0.1, 0.15) is 11.3 Å². The fourth-order valence-electron chi connectivity index (χ4n) is 4.47. The fourth-order valence-corrected chi connectivity index (χ4v) is 4.98. The molecule has 0 saturated heterocycles. The van der Waals surface area contributed by atoms with Gasteiger partial charge in [-0.05, 0) is 37.8 Å². The molecule has 1 saturated carbocycles. The summed E-state index contributed by atoms with van der Waals surface area (Å²) in [5.74, 6) is -0.110. The number of carbonyl (C=O) groups excluding carboxylic acids is 1. The van der Waals surface area contributed by atoms with E-state index >= 15 is 0 Å².